The molecule has 2 aromatic carbocycles. The number of nitrogens with one attached hydrogen (secondary N) is 1. The summed E-state index contributed by atoms with van der Waals surface area (Å²) in [5.74, 6) is -1.35. The van der Waals surface area contributed by atoms with Crippen LogP contribution in [0.25, 0.3) is 0 Å². The van der Waals surface area contributed by atoms with Crippen LogP contribution in [0.4, 0.5) is 20.2 Å². The van der Waals surface area contributed by atoms with Crippen LogP contribution in [0.5, 0.6) is 0 Å². The third-order valence-electron chi connectivity index (χ3n) is 3.99. The average Bonchev–Trinajstić information content (AvgIpc) is 2.49. The smallest absolute Gasteiger partial charge is 0.267 e. The second kappa shape index (κ2) is 6.00. The summed E-state index contributed by atoms with van der Waals surface area (Å²) in [4.78, 5) is -0.387. The SMILES string of the molecule is Cc1cc(Br)cc(F)c1S(=O)(=O)N1CCNc2ccc(F)c(C)c21. The highest BCUT2D eigenvalue weighted by atomic mass is 79.9. The molecule has 4 nitrogen and oxygen atoms in total. The number of halogens is 3. The summed E-state index contributed by atoms with van der Waals surface area (Å²) in [5, 5.41) is 3.05. The van der Waals surface area contributed by atoms with Gasteiger partial charge >= 0.3 is 0 Å². The number of hydrogen-bond donors (Lipinski definition) is 1. The van der Waals surface area contributed by atoms with Gasteiger partial charge in [-0.1, -0.05) is 15.9 Å². The molecule has 1 heterocycles. The molecule has 1 N–H and O–H groups in total. The van der Waals surface area contributed by atoms with Crippen molar-refractivity contribution in [2.45, 2.75) is 18.7 Å². The minimum Gasteiger partial charge on any atom is -0.382 e. The Morgan fingerprint density at radius 3 is 2.54 bits per heavy atom. The number of aryl methyl sites for hydroxylation is 1. The number of hydrogen-bond acceptors (Lipinski definition) is 3. The Bertz CT molecular complexity index is 909. The molecule has 1 aliphatic heterocycles. The van der Waals surface area contributed by atoms with E-state index in [1.54, 1.807) is 0 Å². The summed E-state index contributed by atoms with van der Waals surface area (Å²) in [7, 11) is -4.16. The molecule has 0 fully saturated rings. The summed E-state index contributed by atoms with van der Waals surface area (Å²) < 4.78 is 56.1. The summed E-state index contributed by atoms with van der Waals surface area (Å²) in [6, 6.07) is 5.42. The number of nitrogens with zero attached hydrogens (tertiary/aromatic N) is 1. The lowest BCUT2D eigenvalue weighted by Gasteiger charge is -2.33. The van der Waals surface area contributed by atoms with Crippen LogP contribution in [0.3, 0.4) is 0 Å². The number of sulfonamides is 1. The van der Waals surface area contributed by atoms with Crippen LogP contribution >= 0.6 is 15.9 Å². The molecule has 3 rings (SSSR count). The first-order valence-electron chi connectivity index (χ1n) is 7.25. The van der Waals surface area contributed by atoms with Gasteiger partial charge in [0, 0.05) is 16.6 Å². The Morgan fingerprint density at radius 2 is 1.88 bits per heavy atom. The van der Waals surface area contributed by atoms with Gasteiger partial charge in [-0.15, -0.1) is 0 Å². The van der Waals surface area contributed by atoms with Gasteiger partial charge in [0.25, 0.3) is 10.0 Å². The van der Waals surface area contributed by atoms with Crippen LogP contribution in [0, 0.1) is 25.5 Å². The van der Waals surface area contributed by atoms with Gasteiger partial charge < -0.3 is 5.32 Å². The van der Waals surface area contributed by atoms with Crippen molar-refractivity contribution < 1.29 is 17.2 Å². The Kier molecular flexibility index (Phi) is 4.29. The molecule has 128 valence electrons. The van der Waals surface area contributed by atoms with Crippen LogP contribution in [0.15, 0.2) is 33.6 Å². The van der Waals surface area contributed by atoms with Crippen LogP contribution in [-0.4, -0.2) is 21.5 Å². The number of anilines is 2. The van der Waals surface area contributed by atoms with E-state index in [1.165, 1.54) is 32.0 Å². The number of fused-ring (bicyclic) bond motifs is 1. The molecule has 1 aliphatic rings. The molecular weight excluding hydrogens is 402 g/mol. The van der Waals surface area contributed by atoms with E-state index >= 15 is 0 Å². The molecule has 0 aromatic heterocycles. The van der Waals surface area contributed by atoms with Gasteiger partial charge in [-0.3, -0.25) is 4.31 Å². The highest BCUT2D eigenvalue weighted by Gasteiger charge is 2.34. The van der Waals surface area contributed by atoms with Crippen molar-refractivity contribution in [3.8, 4) is 0 Å². The molecule has 0 saturated carbocycles. The molecule has 0 unspecified atom stereocenters. The van der Waals surface area contributed by atoms with Crippen molar-refractivity contribution in [1.82, 2.24) is 0 Å². The Hall–Kier alpha value is -1.67. The summed E-state index contributed by atoms with van der Waals surface area (Å²) in [6.07, 6.45) is 0. The second-order valence-corrected chi connectivity index (χ2v) is 8.32. The standard InChI is InChI=1S/C16H15BrF2N2O2S/c1-9-7-11(17)8-13(19)16(9)24(22,23)21-6-5-20-14-4-3-12(18)10(2)15(14)21/h3-4,7-8,20H,5-6H2,1-2H3. The highest BCUT2D eigenvalue weighted by molar-refractivity contribution is 9.10. The largest absolute Gasteiger partial charge is 0.382 e. The molecule has 8 heteroatoms. The first kappa shape index (κ1) is 17.2. The quantitative estimate of drug-likeness (QED) is 0.805. The predicted molar refractivity (Wildman–Crippen MR) is 93.0 cm³/mol. The van der Waals surface area contributed by atoms with Crippen LogP contribution < -0.4 is 9.62 Å². The third kappa shape index (κ3) is 2.67. The third-order valence-corrected chi connectivity index (χ3v) is 6.42. The van der Waals surface area contributed by atoms with Crippen LogP contribution in [0.1, 0.15) is 11.1 Å². The van der Waals surface area contributed by atoms with Gasteiger partial charge in [0.2, 0.25) is 0 Å². The first-order chi connectivity index (χ1) is 11.2. The van der Waals surface area contributed by atoms with E-state index in [2.05, 4.69) is 21.2 Å². The van der Waals surface area contributed by atoms with Crippen molar-refractivity contribution >= 4 is 37.3 Å². The fourth-order valence-electron chi connectivity index (χ4n) is 2.91. The molecule has 0 amide bonds. The van der Waals surface area contributed by atoms with E-state index in [4.69, 9.17) is 0 Å². The molecule has 0 radical (unpaired) electrons. The lowest BCUT2D eigenvalue weighted by atomic mass is 10.1. The maximum absolute atomic E-state index is 14.4. The zero-order valence-electron chi connectivity index (χ0n) is 13.0. The van der Waals surface area contributed by atoms with Crippen molar-refractivity contribution in [1.29, 1.82) is 0 Å². The summed E-state index contributed by atoms with van der Waals surface area (Å²) >= 11 is 3.15. The topological polar surface area (TPSA) is 49.4 Å². The lowest BCUT2D eigenvalue weighted by Crippen LogP contribution is -2.40. The second-order valence-electron chi connectivity index (χ2n) is 5.61. The monoisotopic (exact) mass is 416 g/mol. The summed E-state index contributed by atoms with van der Waals surface area (Å²) in [6.45, 7) is 3.49. The van der Waals surface area contributed by atoms with E-state index in [1.807, 2.05) is 0 Å². The molecule has 2 aromatic rings. The minimum absolute atomic E-state index is 0.0918. The van der Waals surface area contributed by atoms with Gasteiger partial charge in [0.15, 0.2) is 0 Å². The lowest BCUT2D eigenvalue weighted by molar-refractivity contribution is 0.560. The number of rotatable bonds is 2. The normalized spacial score (nSPS) is 14.3. The van der Waals surface area contributed by atoms with E-state index in [9.17, 15) is 17.2 Å². The van der Waals surface area contributed by atoms with Crippen LogP contribution in [0.2, 0.25) is 0 Å². The van der Waals surface area contributed by atoms with Crippen LogP contribution in [-0.2, 0) is 10.0 Å². The average molecular weight is 417 g/mol. The predicted octanol–water partition coefficient (Wildman–Crippen LogP) is 3.96. The fourth-order valence-corrected chi connectivity index (χ4v) is 5.25. The molecule has 0 atom stereocenters. The Balaban J connectivity index is 2.23. The molecule has 24 heavy (non-hydrogen) atoms. The minimum atomic E-state index is -4.16. The van der Waals surface area contributed by atoms with E-state index in [0.29, 0.717) is 16.7 Å². The van der Waals surface area contributed by atoms with Gasteiger partial charge in [0.1, 0.15) is 16.5 Å². The van der Waals surface area contributed by atoms with Gasteiger partial charge in [0.05, 0.1) is 17.9 Å². The van der Waals surface area contributed by atoms with E-state index < -0.39 is 21.7 Å². The maximum atomic E-state index is 14.4. The molecule has 0 aliphatic carbocycles. The Labute approximate surface area is 147 Å². The van der Waals surface area contributed by atoms with E-state index in [-0.39, 0.29) is 28.3 Å². The Morgan fingerprint density at radius 1 is 1.17 bits per heavy atom. The fraction of sp³-hybridized carbons (Fsp3) is 0.250. The van der Waals surface area contributed by atoms with Gasteiger partial charge in [-0.2, -0.15) is 0 Å². The zero-order chi connectivity index (χ0) is 17.6. The molecule has 0 bridgehead atoms. The highest BCUT2D eigenvalue weighted by Crippen LogP contribution is 2.38. The number of benzene rings is 2. The molecular formula is C16H15BrF2N2O2S. The van der Waals surface area contributed by atoms with Crippen molar-refractivity contribution in [2.24, 2.45) is 0 Å². The van der Waals surface area contributed by atoms with Gasteiger partial charge in [-0.25, -0.2) is 17.2 Å². The molecule has 0 spiro atoms. The summed E-state index contributed by atoms with van der Waals surface area (Å²) in [5.41, 5.74) is 1.23. The zero-order valence-corrected chi connectivity index (χ0v) is 15.4. The molecule has 0 saturated heterocycles. The van der Waals surface area contributed by atoms with Crippen molar-refractivity contribution in [3.05, 3.63) is 51.5 Å². The van der Waals surface area contributed by atoms with Crippen molar-refractivity contribution in [2.75, 3.05) is 22.7 Å². The first-order valence-corrected chi connectivity index (χ1v) is 9.48. The van der Waals surface area contributed by atoms with Crippen molar-refractivity contribution in [3.63, 3.8) is 0 Å². The maximum Gasteiger partial charge on any atom is 0.267 e. The van der Waals surface area contributed by atoms with Gasteiger partial charge in [-0.05, 0) is 43.7 Å². The van der Waals surface area contributed by atoms with E-state index in [0.717, 1.165) is 10.4 Å².